The van der Waals surface area contributed by atoms with Crippen LogP contribution in [0.1, 0.15) is 57.4 Å². The van der Waals surface area contributed by atoms with Crippen LogP contribution in [0.15, 0.2) is 18.2 Å². The van der Waals surface area contributed by atoms with E-state index in [2.05, 4.69) is 25.9 Å². The lowest BCUT2D eigenvalue weighted by Gasteiger charge is -2.26. The zero-order chi connectivity index (χ0) is 20.6. The third-order valence-electron chi connectivity index (χ3n) is 5.39. The van der Waals surface area contributed by atoms with E-state index in [9.17, 15) is 13.6 Å². The van der Waals surface area contributed by atoms with E-state index in [1.165, 1.54) is 10.7 Å². The molecule has 0 saturated carbocycles. The number of fused-ring (bicyclic) bond motifs is 1. The number of nitrogens with zero attached hydrogens (tertiary/aromatic N) is 3. The maximum atomic E-state index is 13.8. The van der Waals surface area contributed by atoms with Gasteiger partial charge in [0.05, 0.1) is 11.4 Å². The van der Waals surface area contributed by atoms with Gasteiger partial charge in [-0.3, -0.25) is 4.79 Å². The van der Waals surface area contributed by atoms with Gasteiger partial charge in [0.25, 0.3) is 0 Å². The largest absolute Gasteiger partial charge is 0.371 e. The molecule has 1 aliphatic heterocycles. The molecule has 152 valence electrons. The van der Waals surface area contributed by atoms with Crippen molar-refractivity contribution < 1.29 is 13.6 Å². The van der Waals surface area contributed by atoms with Gasteiger partial charge in [0, 0.05) is 25.1 Å². The van der Waals surface area contributed by atoms with Gasteiger partial charge in [-0.15, -0.1) is 0 Å². The Kier molecular flexibility index (Phi) is 5.60. The van der Waals surface area contributed by atoms with Crippen molar-refractivity contribution in [1.29, 1.82) is 0 Å². The number of hydrogen-bond donors (Lipinski definition) is 0. The van der Waals surface area contributed by atoms with Crippen molar-refractivity contribution in [3.63, 3.8) is 0 Å². The van der Waals surface area contributed by atoms with Gasteiger partial charge in [0.2, 0.25) is 5.91 Å². The first kappa shape index (κ1) is 20.5. The highest BCUT2D eigenvalue weighted by molar-refractivity contribution is 5.87. The number of hydrogen-bond acceptors (Lipinski definition) is 3. The van der Waals surface area contributed by atoms with E-state index < -0.39 is 11.6 Å². The Morgan fingerprint density at radius 3 is 2.61 bits per heavy atom. The minimum atomic E-state index is -0.913. The maximum absolute atomic E-state index is 13.8. The first-order chi connectivity index (χ1) is 13.1. The molecule has 0 bridgehead atoms. The molecule has 0 fully saturated rings. The molecule has 2 heterocycles. The van der Waals surface area contributed by atoms with Crippen LogP contribution in [-0.2, 0) is 6.42 Å². The summed E-state index contributed by atoms with van der Waals surface area (Å²) in [6.07, 6.45) is 3.40. The SMILES string of the molecule is CC(CCC(C)(C)C)C(=O)n1nc(-c2ccc(F)c(F)c2)c2c1CCCN2C. The fourth-order valence-corrected chi connectivity index (χ4v) is 3.67. The molecule has 0 spiro atoms. The molecule has 0 amide bonds. The Hall–Kier alpha value is -2.24. The van der Waals surface area contributed by atoms with Gasteiger partial charge in [-0.2, -0.15) is 5.10 Å². The Bertz CT molecular complexity index is 883. The molecule has 1 atom stereocenters. The van der Waals surface area contributed by atoms with Crippen LogP contribution in [0.5, 0.6) is 0 Å². The molecule has 0 N–H and O–H groups in total. The third kappa shape index (κ3) is 4.10. The van der Waals surface area contributed by atoms with Gasteiger partial charge in [0.15, 0.2) is 11.6 Å². The van der Waals surface area contributed by atoms with Crippen molar-refractivity contribution in [2.75, 3.05) is 18.5 Å². The minimum Gasteiger partial charge on any atom is -0.371 e. The number of halogens is 2. The van der Waals surface area contributed by atoms with Crippen LogP contribution in [0.4, 0.5) is 14.5 Å². The Labute approximate surface area is 165 Å². The zero-order valence-electron chi connectivity index (χ0n) is 17.4. The quantitative estimate of drug-likeness (QED) is 0.711. The lowest BCUT2D eigenvalue weighted by Crippen LogP contribution is -2.28. The van der Waals surface area contributed by atoms with E-state index in [1.54, 1.807) is 0 Å². The molecule has 28 heavy (non-hydrogen) atoms. The molecular weight excluding hydrogens is 360 g/mol. The van der Waals surface area contributed by atoms with Crippen LogP contribution in [0.3, 0.4) is 0 Å². The first-order valence-electron chi connectivity index (χ1n) is 9.91. The molecule has 0 aliphatic carbocycles. The van der Waals surface area contributed by atoms with Crippen molar-refractivity contribution in [1.82, 2.24) is 9.78 Å². The number of benzene rings is 1. The summed E-state index contributed by atoms with van der Waals surface area (Å²) in [4.78, 5) is 15.2. The number of carbonyl (C=O) groups is 1. The summed E-state index contributed by atoms with van der Waals surface area (Å²) >= 11 is 0. The fraction of sp³-hybridized carbons (Fsp3) is 0.545. The molecule has 6 heteroatoms. The number of aromatic nitrogens is 2. The van der Waals surface area contributed by atoms with Gasteiger partial charge in [0.1, 0.15) is 5.69 Å². The number of anilines is 1. The van der Waals surface area contributed by atoms with E-state index in [4.69, 9.17) is 0 Å². The predicted octanol–water partition coefficient (Wildman–Crippen LogP) is 5.31. The second-order valence-corrected chi connectivity index (χ2v) is 9.05. The molecule has 1 aromatic heterocycles. The highest BCUT2D eigenvalue weighted by Gasteiger charge is 2.30. The summed E-state index contributed by atoms with van der Waals surface area (Å²) in [5, 5.41) is 4.59. The second-order valence-electron chi connectivity index (χ2n) is 9.05. The van der Waals surface area contributed by atoms with E-state index in [0.29, 0.717) is 11.3 Å². The monoisotopic (exact) mass is 389 g/mol. The van der Waals surface area contributed by atoms with E-state index in [1.807, 2.05) is 18.9 Å². The van der Waals surface area contributed by atoms with Crippen molar-refractivity contribution in [2.24, 2.45) is 11.3 Å². The van der Waals surface area contributed by atoms with E-state index in [0.717, 1.165) is 55.7 Å². The van der Waals surface area contributed by atoms with Crippen LogP contribution >= 0.6 is 0 Å². The highest BCUT2D eigenvalue weighted by atomic mass is 19.2. The molecule has 1 unspecified atom stereocenters. The van der Waals surface area contributed by atoms with Gasteiger partial charge in [-0.05, 0) is 49.3 Å². The smallest absolute Gasteiger partial charge is 0.250 e. The van der Waals surface area contributed by atoms with Crippen molar-refractivity contribution in [2.45, 2.75) is 53.4 Å². The number of rotatable bonds is 4. The maximum Gasteiger partial charge on any atom is 0.250 e. The topological polar surface area (TPSA) is 38.1 Å². The summed E-state index contributed by atoms with van der Waals surface area (Å²) in [5.41, 5.74) is 2.88. The normalized spacial score (nSPS) is 15.5. The van der Waals surface area contributed by atoms with Crippen LogP contribution in [-0.4, -0.2) is 29.3 Å². The third-order valence-corrected chi connectivity index (χ3v) is 5.39. The van der Waals surface area contributed by atoms with Crippen LogP contribution in [0.2, 0.25) is 0 Å². The van der Waals surface area contributed by atoms with Gasteiger partial charge in [-0.25, -0.2) is 13.5 Å². The zero-order valence-corrected chi connectivity index (χ0v) is 17.4. The highest BCUT2D eigenvalue weighted by Crippen LogP contribution is 2.37. The summed E-state index contributed by atoms with van der Waals surface area (Å²) in [5.74, 6) is -2.00. The lowest BCUT2D eigenvalue weighted by molar-refractivity contribution is 0.0809. The Morgan fingerprint density at radius 1 is 1.25 bits per heavy atom. The Balaban J connectivity index is 2.01. The summed E-state index contributed by atoms with van der Waals surface area (Å²) in [6.45, 7) is 9.26. The molecule has 3 rings (SSSR count). The molecule has 1 aliphatic rings. The van der Waals surface area contributed by atoms with Crippen LogP contribution in [0, 0.1) is 23.0 Å². The van der Waals surface area contributed by atoms with Crippen LogP contribution in [0.25, 0.3) is 11.3 Å². The first-order valence-corrected chi connectivity index (χ1v) is 9.91. The van der Waals surface area contributed by atoms with Crippen LogP contribution < -0.4 is 4.90 Å². The van der Waals surface area contributed by atoms with E-state index in [-0.39, 0.29) is 17.2 Å². The summed E-state index contributed by atoms with van der Waals surface area (Å²) < 4.78 is 28.7. The molecule has 1 aromatic carbocycles. The van der Waals surface area contributed by atoms with Crippen molar-refractivity contribution in [3.8, 4) is 11.3 Å². The van der Waals surface area contributed by atoms with Crippen molar-refractivity contribution >= 4 is 11.6 Å². The average Bonchev–Trinajstić information content (AvgIpc) is 3.01. The van der Waals surface area contributed by atoms with Gasteiger partial charge < -0.3 is 4.90 Å². The molecule has 2 aromatic rings. The lowest BCUT2D eigenvalue weighted by atomic mass is 9.87. The van der Waals surface area contributed by atoms with Gasteiger partial charge >= 0.3 is 0 Å². The molecule has 0 radical (unpaired) electrons. The Morgan fingerprint density at radius 2 is 1.96 bits per heavy atom. The molecule has 4 nitrogen and oxygen atoms in total. The predicted molar refractivity (Wildman–Crippen MR) is 108 cm³/mol. The van der Waals surface area contributed by atoms with E-state index >= 15 is 0 Å². The average molecular weight is 389 g/mol. The molecular formula is C22H29F2N3O. The summed E-state index contributed by atoms with van der Waals surface area (Å²) in [6, 6.07) is 3.77. The fourth-order valence-electron chi connectivity index (χ4n) is 3.67. The second kappa shape index (κ2) is 7.64. The molecule has 0 saturated heterocycles. The van der Waals surface area contributed by atoms with Gasteiger partial charge in [-0.1, -0.05) is 27.7 Å². The standard InChI is InChI=1S/C22H29F2N3O/c1-14(10-11-22(2,3)4)21(28)27-18-7-6-12-26(5)20(18)19(25-27)15-8-9-16(23)17(24)13-15/h8-9,13-14H,6-7,10-12H2,1-5H3. The number of carbonyl (C=O) groups excluding carboxylic acids is 1. The van der Waals surface area contributed by atoms with Crippen molar-refractivity contribution in [3.05, 3.63) is 35.5 Å². The minimum absolute atomic E-state index is 0.0374. The summed E-state index contributed by atoms with van der Waals surface area (Å²) in [7, 11) is 1.95.